The zero-order valence-electron chi connectivity index (χ0n) is 13.4. The van der Waals surface area contributed by atoms with E-state index in [0.717, 1.165) is 30.1 Å². The molecule has 0 aliphatic heterocycles. The van der Waals surface area contributed by atoms with Crippen LogP contribution in [0.2, 0.25) is 0 Å². The molecule has 1 N–H and O–H groups in total. The lowest BCUT2D eigenvalue weighted by Crippen LogP contribution is -2.53. The van der Waals surface area contributed by atoms with E-state index in [1.54, 1.807) is 0 Å². The third kappa shape index (κ3) is 1.65. The fraction of sp³-hybridized carbons (Fsp3) is 1.00. The molecular weight excluding hydrogens is 244 g/mol. The summed E-state index contributed by atoms with van der Waals surface area (Å²) in [6, 6.07) is 0. The molecule has 0 aromatic heterocycles. The third-order valence-corrected chi connectivity index (χ3v) is 8.53. The molecule has 4 fully saturated rings. The van der Waals surface area contributed by atoms with Gasteiger partial charge in [-0.05, 0) is 85.9 Å². The van der Waals surface area contributed by atoms with Gasteiger partial charge in [0.2, 0.25) is 0 Å². The van der Waals surface area contributed by atoms with Crippen molar-refractivity contribution in [2.45, 2.75) is 84.2 Å². The minimum atomic E-state index is -0.00895. The van der Waals surface area contributed by atoms with E-state index in [2.05, 4.69) is 13.8 Å². The molecule has 0 heterocycles. The number of hydrogen-bond acceptors (Lipinski definition) is 1. The Hall–Kier alpha value is -0.0400. The lowest BCUT2D eigenvalue weighted by Gasteiger charge is -2.60. The summed E-state index contributed by atoms with van der Waals surface area (Å²) in [5, 5.41) is 10.5. The Morgan fingerprint density at radius 3 is 2.40 bits per heavy atom. The van der Waals surface area contributed by atoms with E-state index in [9.17, 15) is 5.11 Å². The van der Waals surface area contributed by atoms with Gasteiger partial charge in [0.1, 0.15) is 0 Å². The summed E-state index contributed by atoms with van der Waals surface area (Å²) in [5.41, 5.74) is 0.912. The molecule has 20 heavy (non-hydrogen) atoms. The summed E-state index contributed by atoms with van der Waals surface area (Å²) in [4.78, 5) is 0. The first-order valence-electron chi connectivity index (χ1n) is 9.24. The number of fused-ring (bicyclic) bond motifs is 5. The third-order valence-electron chi connectivity index (χ3n) is 8.53. The largest absolute Gasteiger partial charge is 0.393 e. The van der Waals surface area contributed by atoms with Crippen molar-refractivity contribution in [1.82, 2.24) is 0 Å². The molecular formula is C19H32O. The van der Waals surface area contributed by atoms with Crippen molar-refractivity contribution in [2.75, 3.05) is 0 Å². The molecule has 4 aliphatic carbocycles. The Bertz CT molecular complexity index is 391. The molecule has 114 valence electrons. The van der Waals surface area contributed by atoms with Crippen LogP contribution in [-0.4, -0.2) is 11.2 Å². The highest BCUT2D eigenvalue weighted by molar-refractivity contribution is 5.08. The Morgan fingerprint density at radius 2 is 1.55 bits per heavy atom. The van der Waals surface area contributed by atoms with Crippen molar-refractivity contribution in [1.29, 1.82) is 0 Å². The second-order valence-electron chi connectivity index (χ2n) is 9.04. The molecule has 1 nitrogen and oxygen atoms in total. The van der Waals surface area contributed by atoms with E-state index in [-0.39, 0.29) is 11.5 Å². The second kappa shape index (κ2) is 4.48. The quantitative estimate of drug-likeness (QED) is 0.675. The molecule has 4 rings (SSSR count). The van der Waals surface area contributed by atoms with Crippen molar-refractivity contribution in [2.24, 2.45) is 34.5 Å². The molecule has 0 amide bonds. The van der Waals surface area contributed by atoms with Gasteiger partial charge in [-0.2, -0.15) is 0 Å². The topological polar surface area (TPSA) is 20.2 Å². The van der Waals surface area contributed by atoms with E-state index in [1.165, 1.54) is 57.8 Å². The van der Waals surface area contributed by atoms with E-state index in [4.69, 9.17) is 0 Å². The predicted molar refractivity (Wildman–Crippen MR) is 82.4 cm³/mol. The van der Waals surface area contributed by atoms with Gasteiger partial charge < -0.3 is 5.11 Å². The average Bonchev–Trinajstić information content (AvgIpc) is 2.74. The van der Waals surface area contributed by atoms with Crippen LogP contribution in [0.1, 0.15) is 78.1 Å². The SMILES string of the molecule is C[C@@]12CC[C@H]3[C@@H](CC[C@@H]4CCCC[C@]43C)[C@H]1CC[C@@H]2O. The molecule has 0 spiro atoms. The lowest BCUT2D eigenvalue weighted by molar-refractivity contribution is -0.120. The van der Waals surface area contributed by atoms with Gasteiger partial charge in [0.25, 0.3) is 0 Å². The summed E-state index contributed by atoms with van der Waals surface area (Å²) < 4.78 is 0. The monoisotopic (exact) mass is 276 g/mol. The molecule has 4 aliphatic rings. The Morgan fingerprint density at radius 1 is 0.750 bits per heavy atom. The molecule has 7 atom stereocenters. The molecule has 4 saturated carbocycles. The molecule has 0 saturated heterocycles. The summed E-state index contributed by atoms with van der Waals surface area (Å²) in [7, 11) is 0. The summed E-state index contributed by atoms with van der Waals surface area (Å²) >= 11 is 0. The van der Waals surface area contributed by atoms with Gasteiger partial charge in [-0.3, -0.25) is 0 Å². The van der Waals surface area contributed by atoms with E-state index in [1.807, 2.05) is 0 Å². The highest BCUT2D eigenvalue weighted by Crippen LogP contribution is 2.66. The van der Waals surface area contributed by atoms with Crippen LogP contribution in [0.4, 0.5) is 0 Å². The van der Waals surface area contributed by atoms with Crippen molar-refractivity contribution >= 4 is 0 Å². The van der Waals surface area contributed by atoms with Crippen LogP contribution in [0.3, 0.4) is 0 Å². The normalized spacial score (nSPS) is 58.6. The maximum atomic E-state index is 10.5. The Kier molecular flexibility index (Phi) is 3.05. The van der Waals surface area contributed by atoms with E-state index in [0.29, 0.717) is 5.41 Å². The predicted octanol–water partition coefficient (Wildman–Crippen LogP) is 4.78. The first-order chi connectivity index (χ1) is 9.56. The average molecular weight is 276 g/mol. The summed E-state index contributed by atoms with van der Waals surface area (Å²) in [6.45, 7) is 5.04. The van der Waals surface area contributed by atoms with Crippen LogP contribution >= 0.6 is 0 Å². The smallest absolute Gasteiger partial charge is 0.0596 e. The van der Waals surface area contributed by atoms with Crippen LogP contribution in [-0.2, 0) is 0 Å². The lowest BCUT2D eigenvalue weighted by atomic mass is 9.45. The van der Waals surface area contributed by atoms with Crippen LogP contribution in [0.5, 0.6) is 0 Å². The minimum absolute atomic E-state index is 0.00895. The van der Waals surface area contributed by atoms with Crippen LogP contribution < -0.4 is 0 Å². The first kappa shape index (κ1) is 13.6. The minimum Gasteiger partial charge on any atom is -0.393 e. The fourth-order valence-electron chi connectivity index (χ4n) is 7.27. The molecule has 0 unspecified atom stereocenters. The fourth-order valence-corrected chi connectivity index (χ4v) is 7.27. The number of aliphatic hydroxyl groups excluding tert-OH is 1. The summed E-state index contributed by atoms with van der Waals surface area (Å²) in [6.07, 6.45) is 14.0. The number of aliphatic hydroxyl groups is 1. The Balaban J connectivity index is 1.64. The highest BCUT2D eigenvalue weighted by atomic mass is 16.3. The van der Waals surface area contributed by atoms with Gasteiger partial charge in [-0.15, -0.1) is 0 Å². The highest BCUT2D eigenvalue weighted by Gasteiger charge is 2.59. The molecule has 0 aromatic carbocycles. The standard InChI is InChI=1S/C19H32O/c1-18-11-4-3-5-13(18)6-7-14-15-8-9-17(20)19(15,2)12-10-16(14)18/h13-17,20H,3-12H2,1-2H3/t13-,14-,15+,16-,17-,18+,19+/m0/s1. The van der Waals surface area contributed by atoms with Gasteiger partial charge in [-0.1, -0.05) is 26.7 Å². The zero-order valence-corrected chi connectivity index (χ0v) is 13.4. The number of rotatable bonds is 0. The van der Waals surface area contributed by atoms with Gasteiger partial charge in [-0.25, -0.2) is 0 Å². The van der Waals surface area contributed by atoms with E-state index < -0.39 is 0 Å². The van der Waals surface area contributed by atoms with Crippen molar-refractivity contribution < 1.29 is 5.11 Å². The Labute approximate surface area is 124 Å². The van der Waals surface area contributed by atoms with Gasteiger partial charge >= 0.3 is 0 Å². The van der Waals surface area contributed by atoms with Crippen LogP contribution in [0.25, 0.3) is 0 Å². The van der Waals surface area contributed by atoms with Gasteiger partial charge in [0, 0.05) is 0 Å². The summed E-state index contributed by atoms with van der Waals surface area (Å²) in [5.74, 6) is 3.76. The molecule has 0 bridgehead atoms. The maximum Gasteiger partial charge on any atom is 0.0596 e. The van der Waals surface area contributed by atoms with Crippen LogP contribution in [0.15, 0.2) is 0 Å². The zero-order chi connectivity index (χ0) is 14.0. The second-order valence-corrected chi connectivity index (χ2v) is 9.04. The molecule has 0 radical (unpaired) electrons. The first-order valence-corrected chi connectivity index (χ1v) is 9.24. The van der Waals surface area contributed by atoms with Gasteiger partial charge in [0.05, 0.1) is 6.10 Å². The molecule has 1 heteroatoms. The maximum absolute atomic E-state index is 10.5. The van der Waals surface area contributed by atoms with Crippen molar-refractivity contribution in [3.05, 3.63) is 0 Å². The van der Waals surface area contributed by atoms with E-state index >= 15 is 0 Å². The molecule has 0 aromatic rings. The van der Waals surface area contributed by atoms with Crippen molar-refractivity contribution in [3.63, 3.8) is 0 Å². The number of hydrogen-bond donors (Lipinski definition) is 1. The van der Waals surface area contributed by atoms with Crippen LogP contribution in [0, 0.1) is 34.5 Å². The van der Waals surface area contributed by atoms with Gasteiger partial charge in [0.15, 0.2) is 0 Å². The van der Waals surface area contributed by atoms with Crippen molar-refractivity contribution in [3.8, 4) is 0 Å².